The number of likely N-dealkylation sites (tertiary alicyclic amines) is 1. The van der Waals surface area contributed by atoms with E-state index in [1.54, 1.807) is 6.92 Å². The highest BCUT2D eigenvalue weighted by atomic mass is 32.1. The van der Waals surface area contributed by atoms with Crippen LogP contribution in [0.25, 0.3) is 5.65 Å². The number of thiophene rings is 1. The summed E-state index contributed by atoms with van der Waals surface area (Å²) in [4.78, 5) is 44.1. The minimum Gasteiger partial charge on any atom is -0.354 e. The minimum absolute atomic E-state index is 0.0490. The number of carbonyl (C=O) groups is 2. The topological polar surface area (TPSA) is 99.6 Å². The smallest absolute Gasteiger partial charge is 0.276 e. The molecule has 1 aliphatic heterocycles. The molecular formula is C22H27N5O3S. The number of fused-ring (bicyclic) bond motifs is 1. The lowest BCUT2D eigenvalue weighted by Gasteiger charge is -2.15. The average Bonchev–Trinajstić information content (AvgIpc) is 3.46. The Morgan fingerprint density at radius 2 is 2.19 bits per heavy atom. The molecule has 4 heterocycles. The Morgan fingerprint density at radius 3 is 2.90 bits per heavy atom. The van der Waals surface area contributed by atoms with Gasteiger partial charge in [-0.05, 0) is 45.1 Å². The van der Waals surface area contributed by atoms with E-state index >= 15 is 0 Å². The predicted molar refractivity (Wildman–Crippen MR) is 120 cm³/mol. The van der Waals surface area contributed by atoms with Crippen LogP contribution in [0.1, 0.15) is 59.9 Å². The molecule has 3 aromatic heterocycles. The summed E-state index contributed by atoms with van der Waals surface area (Å²) in [5.41, 5.74) is 3.21. The molecule has 4 rings (SSSR count). The number of hydrogen-bond acceptors (Lipinski definition) is 5. The van der Waals surface area contributed by atoms with Gasteiger partial charge in [0.2, 0.25) is 5.91 Å². The zero-order valence-electron chi connectivity index (χ0n) is 18.0. The van der Waals surface area contributed by atoms with Crippen LogP contribution in [0.4, 0.5) is 0 Å². The van der Waals surface area contributed by atoms with Gasteiger partial charge in [-0.15, -0.1) is 0 Å². The number of nitrogens with one attached hydrogen (secondary N) is 2. The monoisotopic (exact) mass is 441 g/mol. The molecule has 2 N–H and O–H groups in total. The second kappa shape index (κ2) is 8.66. The summed E-state index contributed by atoms with van der Waals surface area (Å²) in [5, 5.41) is 9.81. The second-order valence-electron chi connectivity index (χ2n) is 8.36. The maximum atomic E-state index is 13.0. The summed E-state index contributed by atoms with van der Waals surface area (Å²) in [6.45, 7) is 6.92. The first kappa shape index (κ1) is 21.3. The molecule has 1 saturated heterocycles. The van der Waals surface area contributed by atoms with Crippen LogP contribution in [0.5, 0.6) is 0 Å². The standard InChI is InChI=1S/C22H27N5O3S/c1-13(2)23-20(28)5-4-17-14(3)24-19-10-18(25-27(19)22(17)30)15-6-8-26(11-15)21(29)16-7-9-31-12-16/h7,9-10,12-13,15,25H,4-6,8,11H2,1-3H3,(H,23,28). The third kappa shape index (κ3) is 4.41. The van der Waals surface area contributed by atoms with Crippen LogP contribution in [0.2, 0.25) is 0 Å². The van der Waals surface area contributed by atoms with Crippen LogP contribution in [0.15, 0.2) is 27.7 Å². The van der Waals surface area contributed by atoms with Crippen LogP contribution in [-0.4, -0.2) is 50.4 Å². The van der Waals surface area contributed by atoms with E-state index in [2.05, 4.69) is 15.4 Å². The SMILES string of the molecule is Cc1nc2cc(C3CCN(C(=O)c4ccsc4)C3)[nH]n2c(=O)c1CCC(=O)NC(C)C. The number of aromatic nitrogens is 3. The van der Waals surface area contributed by atoms with Crippen molar-refractivity contribution < 1.29 is 9.59 Å². The van der Waals surface area contributed by atoms with Crippen molar-refractivity contribution in [3.63, 3.8) is 0 Å². The molecule has 0 aromatic carbocycles. The van der Waals surface area contributed by atoms with Gasteiger partial charge in [-0.1, -0.05) is 0 Å². The van der Waals surface area contributed by atoms with E-state index in [9.17, 15) is 14.4 Å². The summed E-state index contributed by atoms with van der Waals surface area (Å²) >= 11 is 1.51. The molecule has 31 heavy (non-hydrogen) atoms. The highest BCUT2D eigenvalue weighted by Gasteiger charge is 2.29. The molecule has 164 valence electrons. The fourth-order valence-electron chi connectivity index (χ4n) is 4.09. The summed E-state index contributed by atoms with van der Waals surface area (Å²) in [7, 11) is 0. The van der Waals surface area contributed by atoms with Crippen molar-refractivity contribution in [1.82, 2.24) is 24.8 Å². The highest BCUT2D eigenvalue weighted by molar-refractivity contribution is 7.08. The molecule has 1 unspecified atom stereocenters. The maximum Gasteiger partial charge on any atom is 0.276 e. The van der Waals surface area contributed by atoms with E-state index in [1.807, 2.05) is 41.6 Å². The Bertz CT molecular complexity index is 1160. The van der Waals surface area contributed by atoms with Gasteiger partial charge in [0, 0.05) is 59.9 Å². The first-order valence-corrected chi connectivity index (χ1v) is 11.5. The van der Waals surface area contributed by atoms with Gasteiger partial charge in [0.05, 0.1) is 5.56 Å². The molecule has 0 spiro atoms. The van der Waals surface area contributed by atoms with Crippen molar-refractivity contribution in [2.24, 2.45) is 0 Å². The van der Waals surface area contributed by atoms with Gasteiger partial charge in [-0.3, -0.25) is 19.5 Å². The van der Waals surface area contributed by atoms with Gasteiger partial charge in [0.1, 0.15) is 0 Å². The number of rotatable bonds is 6. The van der Waals surface area contributed by atoms with E-state index < -0.39 is 0 Å². The quantitative estimate of drug-likeness (QED) is 0.614. The number of H-pyrrole nitrogens is 1. The number of amides is 2. The fourth-order valence-corrected chi connectivity index (χ4v) is 4.72. The zero-order chi connectivity index (χ0) is 22.1. The van der Waals surface area contributed by atoms with Crippen LogP contribution >= 0.6 is 11.3 Å². The molecule has 0 saturated carbocycles. The lowest BCUT2D eigenvalue weighted by Crippen LogP contribution is -2.31. The average molecular weight is 442 g/mol. The van der Waals surface area contributed by atoms with Crippen molar-refractivity contribution in [3.8, 4) is 0 Å². The summed E-state index contributed by atoms with van der Waals surface area (Å²) in [6.07, 6.45) is 1.43. The van der Waals surface area contributed by atoms with Crippen molar-refractivity contribution in [3.05, 3.63) is 55.8 Å². The molecule has 0 radical (unpaired) electrons. The Balaban J connectivity index is 1.52. The fraction of sp³-hybridized carbons (Fsp3) is 0.455. The number of carbonyl (C=O) groups excluding carboxylic acids is 2. The molecule has 2 amide bonds. The largest absolute Gasteiger partial charge is 0.354 e. The molecule has 1 aliphatic rings. The van der Waals surface area contributed by atoms with Gasteiger partial charge < -0.3 is 10.2 Å². The van der Waals surface area contributed by atoms with Crippen molar-refractivity contribution in [2.75, 3.05) is 13.1 Å². The Labute approximate surface area is 184 Å². The van der Waals surface area contributed by atoms with Gasteiger partial charge in [-0.25, -0.2) is 9.50 Å². The van der Waals surface area contributed by atoms with Gasteiger partial charge in [0.25, 0.3) is 11.5 Å². The number of aryl methyl sites for hydroxylation is 1. The van der Waals surface area contributed by atoms with E-state index in [0.717, 1.165) is 17.7 Å². The first-order valence-electron chi connectivity index (χ1n) is 10.6. The van der Waals surface area contributed by atoms with Crippen molar-refractivity contribution >= 4 is 28.8 Å². The van der Waals surface area contributed by atoms with Crippen LogP contribution in [0.3, 0.4) is 0 Å². The number of aromatic amines is 1. The van der Waals surface area contributed by atoms with E-state index in [0.29, 0.717) is 36.4 Å². The lowest BCUT2D eigenvalue weighted by atomic mass is 10.1. The number of hydrogen-bond donors (Lipinski definition) is 2. The molecule has 8 nitrogen and oxygen atoms in total. The zero-order valence-corrected chi connectivity index (χ0v) is 18.8. The maximum absolute atomic E-state index is 13.0. The summed E-state index contributed by atoms with van der Waals surface area (Å²) in [5.74, 6) is 0.102. The summed E-state index contributed by atoms with van der Waals surface area (Å²) < 4.78 is 1.46. The molecule has 1 atom stereocenters. The minimum atomic E-state index is -0.171. The first-order chi connectivity index (χ1) is 14.8. The predicted octanol–water partition coefficient (Wildman–Crippen LogP) is 2.48. The Hall–Kier alpha value is -2.94. The molecule has 3 aromatic rings. The second-order valence-corrected chi connectivity index (χ2v) is 9.14. The lowest BCUT2D eigenvalue weighted by molar-refractivity contribution is -0.121. The summed E-state index contributed by atoms with van der Waals surface area (Å²) in [6, 6.07) is 3.81. The molecule has 1 fully saturated rings. The van der Waals surface area contributed by atoms with E-state index in [-0.39, 0.29) is 35.8 Å². The highest BCUT2D eigenvalue weighted by Crippen LogP contribution is 2.28. The molecular weight excluding hydrogens is 414 g/mol. The molecule has 0 bridgehead atoms. The number of nitrogens with zero attached hydrogens (tertiary/aromatic N) is 3. The molecule has 0 aliphatic carbocycles. The van der Waals surface area contributed by atoms with Crippen molar-refractivity contribution in [2.45, 2.75) is 52.0 Å². The van der Waals surface area contributed by atoms with Gasteiger partial charge in [0.15, 0.2) is 5.65 Å². The third-order valence-corrected chi connectivity index (χ3v) is 6.35. The normalized spacial score (nSPS) is 16.4. The third-order valence-electron chi connectivity index (χ3n) is 5.67. The van der Waals surface area contributed by atoms with E-state index in [4.69, 9.17) is 0 Å². The van der Waals surface area contributed by atoms with Gasteiger partial charge in [-0.2, -0.15) is 11.3 Å². The van der Waals surface area contributed by atoms with Crippen LogP contribution in [-0.2, 0) is 11.2 Å². The van der Waals surface area contributed by atoms with E-state index in [1.165, 1.54) is 15.9 Å². The Morgan fingerprint density at radius 1 is 1.39 bits per heavy atom. The Kier molecular flexibility index (Phi) is 5.95. The molecule has 9 heteroatoms. The van der Waals surface area contributed by atoms with Crippen molar-refractivity contribution in [1.29, 1.82) is 0 Å². The van der Waals surface area contributed by atoms with Gasteiger partial charge >= 0.3 is 0 Å². The van der Waals surface area contributed by atoms with Crippen LogP contribution < -0.4 is 10.9 Å². The van der Waals surface area contributed by atoms with Crippen LogP contribution in [0, 0.1) is 6.92 Å².